The van der Waals surface area contributed by atoms with Gasteiger partial charge >= 0.3 is 0 Å². The Bertz CT molecular complexity index is 1490. The molecule has 0 saturated carbocycles. The quantitative estimate of drug-likeness (QED) is 0.281. The van der Waals surface area contributed by atoms with Gasteiger partial charge in [0.15, 0.2) is 5.11 Å². The lowest BCUT2D eigenvalue weighted by Gasteiger charge is -2.28. The highest BCUT2D eigenvalue weighted by atomic mass is 32.1. The first-order valence-electron chi connectivity index (χ1n) is 12.7. The summed E-state index contributed by atoms with van der Waals surface area (Å²) in [5.74, 6) is 0.0387. The summed E-state index contributed by atoms with van der Waals surface area (Å²) in [7, 11) is 1.65. The van der Waals surface area contributed by atoms with Crippen LogP contribution in [0.25, 0.3) is 5.69 Å². The molecule has 0 spiro atoms. The number of carbonyl (C=O) groups excluding carboxylic acids is 1. The summed E-state index contributed by atoms with van der Waals surface area (Å²) in [5, 5.41) is 6.66. The van der Waals surface area contributed by atoms with Gasteiger partial charge in [0.2, 0.25) is 5.91 Å². The molecule has 7 nitrogen and oxygen atoms in total. The van der Waals surface area contributed by atoms with Gasteiger partial charge in [0.05, 0.1) is 30.6 Å². The molecule has 3 heterocycles. The molecule has 2 N–H and O–H groups in total. The molecule has 39 heavy (non-hydrogen) atoms. The number of methoxy groups -OCH3 is 1. The minimum Gasteiger partial charge on any atom is -0.497 e. The van der Waals surface area contributed by atoms with E-state index in [-0.39, 0.29) is 30.1 Å². The molecule has 9 heteroatoms. The number of pyridine rings is 1. The number of aryl methyl sites for hydroxylation is 1. The Labute approximate surface area is 232 Å². The van der Waals surface area contributed by atoms with Crippen molar-refractivity contribution in [3.05, 3.63) is 107 Å². The van der Waals surface area contributed by atoms with E-state index in [1.54, 1.807) is 31.5 Å². The molecule has 1 saturated heterocycles. The van der Waals surface area contributed by atoms with Gasteiger partial charge in [-0.2, -0.15) is 0 Å². The van der Waals surface area contributed by atoms with Crippen molar-refractivity contribution in [1.29, 1.82) is 0 Å². The van der Waals surface area contributed by atoms with Crippen molar-refractivity contribution in [1.82, 2.24) is 19.8 Å². The number of anilines is 1. The van der Waals surface area contributed by atoms with Crippen molar-refractivity contribution >= 4 is 28.9 Å². The van der Waals surface area contributed by atoms with Crippen LogP contribution in [0.3, 0.4) is 0 Å². The van der Waals surface area contributed by atoms with E-state index in [4.69, 9.17) is 17.0 Å². The zero-order chi connectivity index (χ0) is 27.5. The average molecular weight is 544 g/mol. The highest BCUT2D eigenvalue weighted by molar-refractivity contribution is 7.80. The Kier molecular flexibility index (Phi) is 7.60. The van der Waals surface area contributed by atoms with Crippen LogP contribution in [0, 0.1) is 19.7 Å². The first kappa shape index (κ1) is 26.4. The minimum absolute atomic E-state index is 0.138. The zero-order valence-electron chi connectivity index (χ0n) is 22.0. The molecule has 4 aromatic rings. The average Bonchev–Trinajstić information content (AvgIpc) is 3.43. The lowest BCUT2D eigenvalue weighted by molar-refractivity contribution is -0.116. The largest absolute Gasteiger partial charge is 0.497 e. The molecule has 2 atom stereocenters. The standard InChI is InChI=1S/C30H30FN5O2S/c1-19-18-23(20(2)36(19)21-11-13-22(38-3)14-12-21)29-28(26-10-6-7-16-32-26)34-30(39)35(29)17-15-27(37)33-25-9-5-4-8-24(25)31/h4-14,16,18,28-29H,15,17H2,1-3H3,(H,33,37)(H,34,39)/t28-,29-/m1/s1. The fourth-order valence-electron chi connectivity index (χ4n) is 5.20. The number of halogens is 1. The first-order chi connectivity index (χ1) is 18.9. The van der Waals surface area contributed by atoms with Gasteiger partial charge in [-0.3, -0.25) is 9.78 Å². The summed E-state index contributed by atoms with van der Waals surface area (Å²) in [5.41, 5.74) is 5.27. The third kappa shape index (κ3) is 5.35. The summed E-state index contributed by atoms with van der Waals surface area (Å²) in [6.07, 6.45) is 1.90. The number of nitrogens with one attached hydrogen (secondary N) is 2. The van der Waals surface area contributed by atoms with Crippen molar-refractivity contribution in [3.63, 3.8) is 0 Å². The number of nitrogens with zero attached hydrogens (tertiary/aromatic N) is 3. The van der Waals surface area contributed by atoms with E-state index < -0.39 is 5.82 Å². The van der Waals surface area contributed by atoms with Gasteiger partial charge in [-0.1, -0.05) is 18.2 Å². The molecule has 5 rings (SSSR count). The lowest BCUT2D eigenvalue weighted by Crippen LogP contribution is -2.33. The lowest BCUT2D eigenvalue weighted by atomic mass is 9.96. The third-order valence-electron chi connectivity index (χ3n) is 7.05. The van der Waals surface area contributed by atoms with Crippen LogP contribution in [0.4, 0.5) is 10.1 Å². The van der Waals surface area contributed by atoms with Crippen LogP contribution in [-0.2, 0) is 4.79 Å². The number of amides is 1. The smallest absolute Gasteiger partial charge is 0.226 e. The van der Waals surface area contributed by atoms with Gasteiger partial charge in [-0.25, -0.2) is 4.39 Å². The number of rotatable bonds is 8. The Morgan fingerprint density at radius 1 is 1.10 bits per heavy atom. The van der Waals surface area contributed by atoms with Crippen molar-refractivity contribution in [2.24, 2.45) is 0 Å². The Morgan fingerprint density at radius 3 is 2.54 bits per heavy atom. The molecule has 1 fully saturated rings. The molecular formula is C30H30FN5O2S. The van der Waals surface area contributed by atoms with E-state index in [0.29, 0.717) is 11.7 Å². The van der Waals surface area contributed by atoms with Crippen molar-refractivity contribution in [2.75, 3.05) is 19.0 Å². The fraction of sp³-hybridized carbons (Fsp3) is 0.233. The van der Waals surface area contributed by atoms with E-state index in [0.717, 1.165) is 34.1 Å². The number of hydrogen-bond acceptors (Lipinski definition) is 4. The van der Waals surface area contributed by atoms with Crippen molar-refractivity contribution in [2.45, 2.75) is 32.4 Å². The molecule has 1 amide bonds. The minimum atomic E-state index is -0.469. The molecule has 0 unspecified atom stereocenters. The molecule has 1 aliphatic rings. The number of carbonyl (C=O) groups is 1. The number of hydrogen-bond donors (Lipinski definition) is 2. The van der Waals surface area contributed by atoms with Gasteiger partial charge in [0.1, 0.15) is 11.6 Å². The highest BCUT2D eigenvalue weighted by Gasteiger charge is 2.41. The molecule has 2 aromatic carbocycles. The second-order valence-electron chi connectivity index (χ2n) is 9.46. The van der Waals surface area contributed by atoms with Crippen LogP contribution in [-0.4, -0.2) is 39.1 Å². The summed E-state index contributed by atoms with van der Waals surface area (Å²) >= 11 is 5.78. The maximum absolute atomic E-state index is 14.1. The summed E-state index contributed by atoms with van der Waals surface area (Å²) in [6, 6.07) is 21.6. The Hall–Kier alpha value is -4.24. The molecular weight excluding hydrogens is 513 g/mol. The van der Waals surface area contributed by atoms with Crippen LogP contribution in [0.5, 0.6) is 5.75 Å². The van der Waals surface area contributed by atoms with E-state index in [1.807, 2.05) is 47.4 Å². The maximum atomic E-state index is 14.1. The van der Waals surface area contributed by atoms with E-state index in [1.165, 1.54) is 6.07 Å². The second-order valence-corrected chi connectivity index (χ2v) is 9.84. The number of aromatic nitrogens is 2. The molecule has 200 valence electrons. The predicted octanol–water partition coefficient (Wildman–Crippen LogP) is 5.64. The van der Waals surface area contributed by atoms with E-state index in [2.05, 4.69) is 40.1 Å². The number of para-hydroxylation sites is 1. The van der Waals surface area contributed by atoms with Gasteiger partial charge < -0.3 is 24.8 Å². The van der Waals surface area contributed by atoms with Crippen molar-refractivity contribution < 1.29 is 13.9 Å². The van der Waals surface area contributed by atoms with E-state index >= 15 is 0 Å². The highest BCUT2D eigenvalue weighted by Crippen LogP contribution is 2.41. The van der Waals surface area contributed by atoms with Gasteiger partial charge in [0.25, 0.3) is 0 Å². The van der Waals surface area contributed by atoms with Crippen LogP contribution >= 0.6 is 12.2 Å². The molecule has 0 aliphatic carbocycles. The predicted molar refractivity (Wildman–Crippen MR) is 154 cm³/mol. The van der Waals surface area contributed by atoms with Crippen LogP contribution in [0.1, 0.15) is 41.1 Å². The van der Waals surface area contributed by atoms with Crippen molar-refractivity contribution in [3.8, 4) is 11.4 Å². The SMILES string of the molecule is COc1ccc(-n2c(C)cc([C@@H]3[C@@H](c4ccccn4)NC(=S)N3CCC(=O)Nc3ccccc3F)c2C)cc1. The molecule has 0 bridgehead atoms. The number of ether oxygens (including phenoxy) is 1. The number of thiocarbonyl (C=S) groups is 1. The van der Waals surface area contributed by atoms with Gasteiger partial charge in [-0.15, -0.1) is 0 Å². The first-order valence-corrected chi connectivity index (χ1v) is 13.1. The second kappa shape index (κ2) is 11.2. The Morgan fingerprint density at radius 2 is 1.85 bits per heavy atom. The third-order valence-corrected chi connectivity index (χ3v) is 7.40. The number of benzene rings is 2. The summed E-state index contributed by atoms with van der Waals surface area (Å²) in [4.78, 5) is 19.4. The normalized spacial score (nSPS) is 16.7. The molecule has 0 radical (unpaired) electrons. The van der Waals surface area contributed by atoms with E-state index in [9.17, 15) is 9.18 Å². The van der Waals surface area contributed by atoms with Crippen LogP contribution in [0.2, 0.25) is 0 Å². The fourth-order valence-corrected chi connectivity index (χ4v) is 5.53. The van der Waals surface area contributed by atoms with Gasteiger partial charge in [0, 0.05) is 36.2 Å². The molecule has 1 aliphatic heterocycles. The topological polar surface area (TPSA) is 71.4 Å². The maximum Gasteiger partial charge on any atom is 0.226 e. The molecule has 2 aromatic heterocycles. The zero-order valence-corrected chi connectivity index (χ0v) is 22.8. The monoisotopic (exact) mass is 543 g/mol. The van der Waals surface area contributed by atoms with Crippen LogP contribution in [0.15, 0.2) is 79.0 Å². The summed E-state index contributed by atoms with van der Waals surface area (Å²) in [6.45, 7) is 4.52. The van der Waals surface area contributed by atoms with Crippen LogP contribution < -0.4 is 15.4 Å². The summed E-state index contributed by atoms with van der Waals surface area (Å²) < 4.78 is 21.6. The Balaban J connectivity index is 1.47. The van der Waals surface area contributed by atoms with Gasteiger partial charge in [-0.05, 0) is 86.2 Å².